The van der Waals surface area contributed by atoms with Crippen molar-refractivity contribution in [3.63, 3.8) is 0 Å². The van der Waals surface area contributed by atoms with E-state index in [1.807, 2.05) is 30.3 Å². The van der Waals surface area contributed by atoms with Gasteiger partial charge >= 0.3 is 0 Å². The van der Waals surface area contributed by atoms with Crippen LogP contribution in [0.2, 0.25) is 5.02 Å². The Morgan fingerprint density at radius 2 is 1.67 bits per heavy atom. The van der Waals surface area contributed by atoms with Crippen LogP contribution >= 0.6 is 11.6 Å². The summed E-state index contributed by atoms with van der Waals surface area (Å²) in [5.74, 6) is 1.01. The first-order chi connectivity index (χ1) is 14.3. The summed E-state index contributed by atoms with van der Waals surface area (Å²) in [7, 11) is 0. The highest BCUT2D eigenvalue weighted by atomic mass is 35.5. The Kier molecular flexibility index (Phi) is 9.26. The lowest BCUT2D eigenvalue weighted by molar-refractivity contribution is 0.317. The van der Waals surface area contributed by atoms with E-state index in [4.69, 9.17) is 16.3 Å². The monoisotopic (exact) mass is 424 g/mol. The molecule has 0 spiro atoms. The molecule has 0 amide bonds. The maximum atomic E-state index is 9.49. The number of rotatable bonds is 10. The minimum Gasteiger partial charge on any atom is -0.508 e. The molecular weight excluding hydrogens is 392 g/mol. The summed E-state index contributed by atoms with van der Waals surface area (Å²) in [4.78, 5) is 0. The molecule has 30 heavy (non-hydrogen) atoms. The quantitative estimate of drug-likeness (QED) is 0.388. The third-order valence-corrected chi connectivity index (χ3v) is 5.15. The van der Waals surface area contributed by atoms with Crippen LogP contribution in [0.1, 0.15) is 58.1 Å². The van der Waals surface area contributed by atoms with Gasteiger partial charge in [0.05, 0.1) is 11.6 Å². The van der Waals surface area contributed by atoms with Crippen LogP contribution in [-0.4, -0.2) is 11.7 Å². The van der Waals surface area contributed by atoms with Gasteiger partial charge in [-0.25, -0.2) is 0 Å². The van der Waals surface area contributed by atoms with Gasteiger partial charge in [0.1, 0.15) is 11.5 Å². The fourth-order valence-corrected chi connectivity index (χ4v) is 3.25. The fourth-order valence-electron chi connectivity index (χ4n) is 3.00. The second kappa shape index (κ2) is 11.7. The molecule has 2 aromatic rings. The van der Waals surface area contributed by atoms with Crippen molar-refractivity contribution >= 4 is 23.8 Å². The lowest BCUT2D eigenvalue weighted by atomic mass is 9.83. The van der Waals surface area contributed by atoms with Gasteiger partial charge in [0.2, 0.25) is 0 Å². The Bertz CT molecular complexity index is 890. The van der Waals surface area contributed by atoms with Crippen molar-refractivity contribution in [1.82, 2.24) is 0 Å². The number of phenols is 1. The van der Waals surface area contributed by atoms with Crippen molar-refractivity contribution in [2.24, 2.45) is 5.41 Å². The molecule has 0 heterocycles. The number of hydrogen-bond donors (Lipinski definition) is 1. The van der Waals surface area contributed by atoms with Gasteiger partial charge in [-0.2, -0.15) is 0 Å². The molecule has 1 N–H and O–H groups in total. The van der Waals surface area contributed by atoms with E-state index < -0.39 is 0 Å². The molecule has 0 radical (unpaired) electrons. The number of hydrogen-bond acceptors (Lipinski definition) is 2. The van der Waals surface area contributed by atoms with E-state index in [1.165, 1.54) is 5.57 Å². The number of phenolic OH excluding ortho intramolecular Hbond substituents is 1. The van der Waals surface area contributed by atoms with Crippen LogP contribution in [0.5, 0.6) is 11.5 Å². The summed E-state index contributed by atoms with van der Waals surface area (Å²) in [6, 6.07) is 13.2. The standard InChI is InChI=1S/C27H33ClO2/c1-5-19-30-26-13-10-23(20-25(26)28)15-18-27(4,16-6-7-21(2)3)17-14-22-8-11-24(29)12-9-22/h7-15,17-18,20,29H,5-6,16,19H2,1-4H3/b17-14+,18-15+/t27-/m1/s1. The molecule has 0 unspecified atom stereocenters. The molecule has 0 bridgehead atoms. The van der Waals surface area contributed by atoms with Gasteiger partial charge in [-0.15, -0.1) is 0 Å². The highest BCUT2D eigenvalue weighted by molar-refractivity contribution is 6.32. The summed E-state index contributed by atoms with van der Waals surface area (Å²) >= 11 is 6.39. The summed E-state index contributed by atoms with van der Waals surface area (Å²) < 4.78 is 5.67. The Hall–Kier alpha value is -2.45. The molecule has 0 aromatic heterocycles. The van der Waals surface area contributed by atoms with Crippen molar-refractivity contribution in [1.29, 1.82) is 0 Å². The van der Waals surface area contributed by atoms with Crippen molar-refractivity contribution in [3.05, 3.63) is 82.4 Å². The van der Waals surface area contributed by atoms with Gasteiger partial charge in [0.25, 0.3) is 0 Å². The van der Waals surface area contributed by atoms with Crippen LogP contribution in [-0.2, 0) is 0 Å². The van der Waals surface area contributed by atoms with Crippen molar-refractivity contribution in [3.8, 4) is 11.5 Å². The number of benzene rings is 2. The summed E-state index contributed by atoms with van der Waals surface area (Å²) in [6.45, 7) is 9.24. The normalized spacial score (nSPS) is 13.5. The molecule has 0 saturated carbocycles. The molecule has 160 valence electrons. The van der Waals surface area contributed by atoms with Crippen LogP contribution in [0.3, 0.4) is 0 Å². The van der Waals surface area contributed by atoms with Crippen molar-refractivity contribution in [2.75, 3.05) is 6.61 Å². The number of allylic oxidation sites excluding steroid dienone is 4. The molecule has 2 nitrogen and oxygen atoms in total. The lowest BCUT2D eigenvalue weighted by Crippen LogP contribution is -2.09. The second-order valence-electron chi connectivity index (χ2n) is 8.12. The van der Waals surface area contributed by atoms with E-state index in [9.17, 15) is 5.11 Å². The molecule has 0 aliphatic rings. The average Bonchev–Trinajstić information content (AvgIpc) is 2.71. The summed E-state index contributed by atoms with van der Waals surface area (Å²) in [5.41, 5.74) is 3.33. The van der Waals surface area contributed by atoms with Crippen LogP contribution in [0.4, 0.5) is 0 Å². The van der Waals surface area contributed by atoms with E-state index in [1.54, 1.807) is 12.1 Å². The third-order valence-electron chi connectivity index (χ3n) is 4.86. The first-order valence-electron chi connectivity index (χ1n) is 10.5. The van der Waals surface area contributed by atoms with Crippen LogP contribution in [0.25, 0.3) is 12.2 Å². The summed E-state index contributed by atoms with van der Waals surface area (Å²) in [5, 5.41) is 10.1. The minimum atomic E-state index is -0.117. The summed E-state index contributed by atoms with van der Waals surface area (Å²) in [6.07, 6.45) is 13.9. The molecule has 2 aromatic carbocycles. The highest BCUT2D eigenvalue weighted by Gasteiger charge is 2.16. The minimum absolute atomic E-state index is 0.117. The Morgan fingerprint density at radius 3 is 2.27 bits per heavy atom. The average molecular weight is 425 g/mol. The predicted octanol–water partition coefficient (Wildman–Crippen LogP) is 8.31. The first-order valence-corrected chi connectivity index (χ1v) is 10.9. The zero-order valence-corrected chi connectivity index (χ0v) is 19.2. The number of halogens is 1. The molecule has 0 fully saturated rings. The molecule has 2 rings (SSSR count). The van der Waals surface area contributed by atoms with Gasteiger partial charge in [0.15, 0.2) is 0 Å². The zero-order valence-electron chi connectivity index (χ0n) is 18.5. The second-order valence-corrected chi connectivity index (χ2v) is 8.53. The molecule has 0 saturated heterocycles. The molecule has 0 aliphatic heterocycles. The van der Waals surface area contributed by atoms with Gasteiger partial charge in [0, 0.05) is 5.41 Å². The number of aromatic hydroxyl groups is 1. The maximum absolute atomic E-state index is 9.49. The first kappa shape index (κ1) is 23.8. The van der Waals surface area contributed by atoms with E-state index in [0.29, 0.717) is 11.6 Å². The smallest absolute Gasteiger partial charge is 0.137 e. The molecule has 1 atom stereocenters. The largest absolute Gasteiger partial charge is 0.508 e. The predicted molar refractivity (Wildman–Crippen MR) is 130 cm³/mol. The highest BCUT2D eigenvalue weighted by Crippen LogP contribution is 2.31. The van der Waals surface area contributed by atoms with E-state index in [2.05, 4.69) is 58.1 Å². The van der Waals surface area contributed by atoms with Gasteiger partial charge in [-0.3, -0.25) is 0 Å². The third kappa shape index (κ3) is 8.12. The van der Waals surface area contributed by atoms with Crippen LogP contribution in [0.15, 0.2) is 66.3 Å². The van der Waals surface area contributed by atoms with Crippen molar-refractivity contribution in [2.45, 2.75) is 47.0 Å². The molecule has 0 aliphatic carbocycles. The molecule has 3 heteroatoms. The van der Waals surface area contributed by atoms with Gasteiger partial charge in [-0.1, -0.05) is 79.6 Å². The maximum Gasteiger partial charge on any atom is 0.137 e. The van der Waals surface area contributed by atoms with E-state index >= 15 is 0 Å². The van der Waals surface area contributed by atoms with E-state index in [0.717, 1.165) is 36.1 Å². The Morgan fingerprint density at radius 1 is 1.03 bits per heavy atom. The van der Waals surface area contributed by atoms with Crippen LogP contribution < -0.4 is 4.74 Å². The molecular formula is C27H33ClO2. The SMILES string of the molecule is CCCOc1ccc(/C=C/[C@@](C)(/C=C/c2ccc(O)cc2)CCC=C(C)C)cc1Cl. The Balaban J connectivity index is 2.21. The van der Waals surface area contributed by atoms with Crippen molar-refractivity contribution < 1.29 is 9.84 Å². The zero-order chi connectivity index (χ0) is 22.0. The number of ether oxygens (including phenoxy) is 1. The topological polar surface area (TPSA) is 29.5 Å². The van der Waals surface area contributed by atoms with E-state index in [-0.39, 0.29) is 11.2 Å². The van der Waals surface area contributed by atoms with Crippen LogP contribution in [0, 0.1) is 5.41 Å². The lowest BCUT2D eigenvalue weighted by Gasteiger charge is -2.22. The van der Waals surface area contributed by atoms with Gasteiger partial charge < -0.3 is 9.84 Å². The fraction of sp³-hybridized carbons (Fsp3) is 0.333. The van der Waals surface area contributed by atoms with Gasteiger partial charge in [-0.05, 0) is 68.5 Å². The Labute approximate surface area is 186 Å².